The number of anilines is 1. The number of likely N-dealkylation sites (tertiary alicyclic amines) is 1. The van der Waals surface area contributed by atoms with Crippen LogP contribution < -0.4 is 5.32 Å². The van der Waals surface area contributed by atoms with Crippen LogP contribution in [0.3, 0.4) is 0 Å². The Balaban J connectivity index is 1.10. The molecule has 3 saturated heterocycles. The summed E-state index contributed by atoms with van der Waals surface area (Å²) in [5.41, 5.74) is 4.92. The number of fused-ring (bicyclic) bond motifs is 1. The topological polar surface area (TPSA) is 115 Å². The fourth-order valence-electron chi connectivity index (χ4n) is 6.47. The zero-order chi connectivity index (χ0) is 30.8. The van der Waals surface area contributed by atoms with Gasteiger partial charge in [-0.25, -0.2) is 4.98 Å². The average molecular weight is 611 g/mol. The maximum absolute atomic E-state index is 13.1. The van der Waals surface area contributed by atoms with Crippen LogP contribution in [-0.4, -0.2) is 70.6 Å². The van der Waals surface area contributed by atoms with Crippen molar-refractivity contribution in [2.24, 2.45) is 5.92 Å². The molecule has 234 valence electrons. The Labute approximate surface area is 262 Å². The molecule has 1 amide bonds. The summed E-state index contributed by atoms with van der Waals surface area (Å²) in [6.07, 6.45) is 2.17. The number of nitrogens with zero attached hydrogens (tertiary/aromatic N) is 3. The van der Waals surface area contributed by atoms with E-state index in [1.54, 1.807) is 0 Å². The molecule has 10 nitrogen and oxygen atoms in total. The van der Waals surface area contributed by atoms with Crippen molar-refractivity contribution in [1.82, 2.24) is 14.9 Å². The van der Waals surface area contributed by atoms with E-state index in [0.717, 1.165) is 54.7 Å². The molecule has 2 N–H and O–H groups in total. The number of amides is 1. The molecule has 3 aliphatic rings. The van der Waals surface area contributed by atoms with E-state index < -0.39 is 12.1 Å². The minimum atomic E-state index is -0.649. The van der Waals surface area contributed by atoms with Crippen molar-refractivity contribution >= 4 is 22.6 Å². The lowest BCUT2D eigenvalue weighted by atomic mass is 9.89. The zero-order valence-corrected chi connectivity index (χ0v) is 25.3. The Kier molecular flexibility index (Phi) is 8.59. The van der Waals surface area contributed by atoms with Crippen LogP contribution in [0.15, 0.2) is 79.0 Å². The lowest BCUT2D eigenvalue weighted by molar-refractivity contribution is -0.278. The Hall–Kier alpha value is -3.77. The van der Waals surface area contributed by atoms with Crippen molar-refractivity contribution in [2.45, 2.75) is 50.7 Å². The fourth-order valence-corrected chi connectivity index (χ4v) is 6.47. The second-order valence-electron chi connectivity index (χ2n) is 12.1. The molecule has 3 aliphatic heterocycles. The van der Waals surface area contributed by atoms with Gasteiger partial charge in [0.25, 0.3) is 5.91 Å². The van der Waals surface area contributed by atoms with Crippen molar-refractivity contribution in [3.63, 3.8) is 0 Å². The van der Waals surface area contributed by atoms with Gasteiger partial charge in [0.05, 0.1) is 49.3 Å². The predicted octanol–water partition coefficient (Wildman–Crippen LogP) is 5.00. The van der Waals surface area contributed by atoms with E-state index in [0.29, 0.717) is 24.4 Å². The third kappa shape index (κ3) is 6.48. The molecule has 0 saturated carbocycles. The molecule has 1 spiro atoms. The number of carbonyl (C=O) groups is 1. The van der Waals surface area contributed by atoms with Gasteiger partial charge in [-0.3, -0.25) is 9.78 Å². The second-order valence-corrected chi connectivity index (χ2v) is 12.1. The van der Waals surface area contributed by atoms with E-state index in [9.17, 15) is 9.90 Å². The first-order valence-electron chi connectivity index (χ1n) is 15.6. The molecule has 7 rings (SSSR count). The van der Waals surface area contributed by atoms with Crippen LogP contribution in [0.4, 0.5) is 5.69 Å². The SMILES string of the molecule is C[C@H]1[C@@H](CN2CCC3(CC2)OCCO3)O[C@@H](c2cccc(NC(=O)c3cnc4ccccc4n3)c2)O[C@H]1c1ccc(CO)cc1. The number of nitrogens with one attached hydrogen (secondary N) is 1. The molecule has 4 aromatic rings. The number of hydrogen-bond acceptors (Lipinski definition) is 9. The molecule has 3 fully saturated rings. The number of carbonyl (C=O) groups excluding carboxylic acids is 1. The van der Waals surface area contributed by atoms with Gasteiger partial charge in [0, 0.05) is 49.6 Å². The van der Waals surface area contributed by atoms with Crippen LogP contribution in [0.1, 0.15) is 59.3 Å². The predicted molar refractivity (Wildman–Crippen MR) is 167 cm³/mol. The van der Waals surface area contributed by atoms with E-state index in [-0.39, 0.29) is 36.3 Å². The van der Waals surface area contributed by atoms with Crippen molar-refractivity contribution in [3.05, 3.63) is 101 Å². The van der Waals surface area contributed by atoms with Gasteiger partial charge in [-0.15, -0.1) is 0 Å². The number of aliphatic hydroxyl groups is 1. The molecule has 1 aromatic heterocycles. The Morgan fingerprint density at radius 1 is 0.956 bits per heavy atom. The zero-order valence-electron chi connectivity index (χ0n) is 25.3. The van der Waals surface area contributed by atoms with Crippen LogP contribution in [0.5, 0.6) is 0 Å². The summed E-state index contributed by atoms with van der Waals surface area (Å²) in [7, 11) is 0. The average Bonchev–Trinajstić information content (AvgIpc) is 3.54. The van der Waals surface area contributed by atoms with Gasteiger partial charge >= 0.3 is 0 Å². The molecule has 10 heteroatoms. The molecule has 4 heterocycles. The van der Waals surface area contributed by atoms with Crippen molar-refractivity contribution < 1.29 is 28.8 Å². The summed E-state index contributed by atoms with van der Waals surface area (Å²) in [5, 5.41) is 12.5. The molecule has 3 aromatic carbocycles. The van der Waals surface area contributed by atoms with Crippen molar-refractivity contribution in [2.75, 3.05) is 38.2 Å². The third-order valence-electron chi connectivity index (χ3n) is 9.09. The Morgan fingerprint density at radius 2 is 1.71 bits per heavy atom. The van der Waals surface area contributed by atoms with Gasteiger partial charge in [-0.05, 0) is 35.4 Å². The summed E-state index contributed by atoms with van der Waals surface area (Å²) >= 11 is 0. The standard InChI is InChI=1S/C35H38N4O6/c1-23-31(21-39-15-13-35(14-16-39)42-17-18-43-35)44-34(45-32(23)25-11-9-24(22-40)10-12-25)26-5-4-6-27(19-26)37-33(41)30-20-36-28-7-2-3-8-29(28)38-30/h2-12,19-20,23,31-32,34,40H,13-18,21-22H2,1H3,(H,37,41)/t23-,31+,32+,34+/m0/s1. The molecule has 4 atom stereocenters. The monoisotopic (exact) mass is 610 g/mol. The third-order valence-corrected chi connectivity index (χ3v) is 9.09. The smallest absolute Gasteiger partial charge is 0.275 e. The summed E-state index contributed by atoms with van der Waals surface area (Å²) < 4.78 is 25.2. The summed E-state index contributed by atoms with van der Waals surface area (Å²) in [6.45, 7) is 5.96. The summed E-state index contributed by atoms with van der Waals surface area (Å²) in [4.78, 5) is 24.4. The van der Waals surface area contributed by atoms with Crippen LogP contribution in [0.2, 0.25) is 0 Å². The van der Waals surface area contributed by atoms with Gasteiger partial charge in [-0.1, -0.05) is 55.5 Å². The molecule has 0 bridgehead atoms. The molecule has 0 unspecified atom stereocenters. The van der Waals surface area contributed by atoms with Crippen molar-refractivity contribution in [3.8, 4) is 0 Å². The van der Waals surface area contributed by atoms with Gasteiger partial charge in [-0.2, -0.15) is 0 Å². The van der Waals surface area contributed by atoms with Crippen LogP contribution in [0, 0.1) is 5.92 Å². The number of piperidine rings is 1. The molecule has 0 aliphatic carbocycles. The fraction of sp³-hybridized carbons (Fsp3) is 0.400. The van der Waals surface area contributed by atoms with Gasteiger partial charge in [0.2, 0.25) is 0 Å². The maximum Gasteiger partial charge on any atom is 0.275 e. The first-order chi connectivity index (χ1) is 22.0. The minimum absolute atomic E-state index is 0.0110. The van der Waals surface area contributed by atoms with Gasteiger partial charge < -0.3 is 34.3 Å². The highest BCUT2D eigenvalue weighted by Gasteiger charge is 2.43. The van der Waals surface area contributed by atoms with Gasteiger partial charge in [0.15, 0.2) is 12.1 Å². The maximum atomic E-state index is 13.1. The molecule has 45 heavy (non-hydrogen) atoms. The van der Waals surface area contributed by atoms with Gasteiger partial charge in [0.1, 0.15) is 5.69 Å². The molecular weight excluding hydrogens is 572 g/mol. The number of ether oxygens (including phenoxy) is 4. The van der Waals surface area contributed by atoms with E-state index >= 15 is 0 Å². The van der Waals surface area contributed by atoms with E-state index in [2.05, 4.69) is 27.1 Å². The highest BCUT2D eigenvalue weighted by molar-refractivity contribution is 6.03. The second kappa shape index (κ2) is 12.9. The lowest BCUT2D eigenvalue weighted by Crippen LogP contribution is -2.50. The van der Waals surface area contributed by atoms with E-state index in [4.69, 9.17) is 18.9 Å². The normalized spacial score (nSPS) is 25.0. The first kappa shape index (κ1) is 29.9. The van der Waals surface area contributed by atoms with Crippen LogP contribution >= 0.6 is 0 Å². The highest BCUT2D eigenvalue weighted by Crippen LogP contribution is 2.43. The van der Waals surface area contributed by atoms with E-state index in [1.165, 1.54) is 6.20 Å². The number of para-hydroxylation sites is 2. The number of aromatic nitrogens is 2. The lowest BCUT2D eigenvalue weighted by Gasteiger charge is -2.44. The summed E-state index contributed by atoms with van der Waals surface area (Å²) in [6, 6.07) is 22.9. The molecular formula is C35H38N4O6. The first-order valence-corrected chi connectivity index (χ1v) is 15.6. The van der Waals surface area contributed by atoms with Crippen LogP contribution in [0.25, 0.3) is 11.0 Å². The Bertz CT molecular complexity index is 1630. The van der Waals surface area contributed by atoms with Crippen LogP contribution in [-0.2, 0) is 25.6 Å². The number of aliphatic hydroxyl groups excluding tert-OH is 1. The summed E-state index contributed by atoms with van der Waals surface area (Å²) in [5.74, 6) is -0.714. The largest absolute Gasteiger partial charge is 0.392 e. The van der Waals surface area contributed by atoms with Crippen molar-refractivity contribution in [1.29, 1.82) is 0 Å². The van der Waals surface area contributed by atoms with E-state index in [1.807, 2.05) is 72.8 Å². The molecule has 0 radical (unpaired) electrons. The minimum Gasteiger partial charge on any atom is -0.392 e. The number of rotatable bonds is 7. The quantitative estimate of drug-likeness (QED) is 0.298. The Morgan fingerprint density at radius 3 is 2.47 bits per heavy atom. The highest BCUT2D eigenvalue weighted by atomic mass is 16.7. The number of hydrogen-bond donors (Lipinski definition) is 2. The number of benzene rings is 3.